The van der Waals surface area contributed by atoms with Gasteiger partial charge >= 0.3 is 0 Å². The molecular formula is C3H2Cl6. The summed E-state index contributed by atoms with van der Waals surface area (Å²) in [6, 6.07) is 0. The lowest BCUT2D eigenvalue weighted by Gasteiger charge is -2.17. The van der Waals surface area contributed by atoms with Crippen LogP contribution < -0.4 is 0 Å². The monoisotopic (exact) mass is 248 g/mol. The summed E-state index contributed by atoms with van der Waals surface area (Å²) in [5, 5.41) is -0.883. The van der Waals surface area contributed by atoms with Gasteiger partial charge < -0.3 is 0 Å². The third-order valence-electron chi connectivity index (χ3n) is 0.534. The molecule has 0 amide bonds. The molecule has 0 saturated carbocycles. The standard InChI is InChI=1S/C3H2Cl6/c4-1(2(5)6)3(7,8)9/h1-2H. The SMILES string of the molecule is ClC(Cl)C(Cl)C(Cl)(Cl)Cl. The van der Waals surface area contributed by atoms with Crippen molar-refractivity contribution in [1.82, 2.24) is 0 Å². The molecule has 0 aromatic rings. The van der Waals surface area contributed by atoms with Crippen molar-refractivity contribution < 1.29 is 0 Å². The Kier molecular flexibility index (Phi) is 4.70. The van der Waals surface area contributed by atoms with E-state index in [1.807, 2.05) is 0 Å². The van der Waals surface area contributed by atoms with Crippen molar-refractivity contribution in [1.29, 1.82) is 0 Å². The summed E-state index contributed by atoms with van der Waals surface area (Å²) in [7, 11) is 0. The van der Waals surface area contributed by atoms with Crippen LogP contribution in [0.4, 0.5) is 0 Å². The Hall–Kier alpha value is 1.74. The fourth-order valence-electron chi connectivity index (χ4n) is 0.143. The summed E-state index contributed by atoms with van der Waals surface area (Å²) in [5.74, 6) is 0. The van der Waals surface area contributed by atoms with Crippen molar-refractivity contribution >= 4 is 69.6 Å². The average molecular weight is 251 g/mol. The molecular weight excluding hydrogens is 249 g/mol. The Balaban J connectivity index is 3.88. The molecule has 0 bridgehead atoms. The number of hydrogen-bond acceptors (Lipinski definition) is 0. The zero-order valence-corrected chi connectivity index (χ0v) is 8.46. The van der Waals surface area contributed by atoms with Gasteiger partial charge in [-0.15, -0.1) is 34.8 Å². The van der Waals surface area contributed by atoms with Crippen molar-refractivity contribution in [2.45, 2.75) is 14.0 Å². The van der Waals surface area contributed by atoms with E-state index in [-0.39, 0.29) is 0 Å². The zero-order valence-electron chi connectivity index (χ0n) is 3.92. The van der Waals surface area contributed by atoms with Gasteiger partial charge in [-0.1, -0.05) is 34.8 Å². The van der Waals surface area contributed by atoms with Gasteiger partial charge in [0, 0.05) is 0 Å². The van der Waals surface area contributed by atoms with Gasteiger partial charge in [-0.05, 0) is 0 Å². The average Bonchev–Trinajstić information content (AvgIpc) is 1.62. The maximum atomic E-state index is 5.43. The van der Waals surface area contributed by atoms with Crippen molar-refractivity contribution in [2.24, 2.45) is 0 Å². The van der Waals surface area contributed by atoms with E-state index in [1.165, 1.54) is 0 Å². The number of halogens is 6. The molecule has 0 saturated heterocycles. The third-order valence-corrected chi connectivity index (χ3v) is 2.92. The molecule has 0 aliphatic carbocycles. The molecule has 9 heavy (non-hydrogen) atoms. The summed E-state index contributed by atoms with van der Waals surface area (Å²) >= 11 is 31.9. The summed E-state index contributed by atoms with van der Waals surface area (Å²) in [6.07, 6.45) is 0. The Morgan fingerprint density at radius 2 is 1.22 bits per heavy atom. The highest BCUT2D eigenvalue weighted by Gasteiger charge is 2.35. The number of rotatable bonds is 1. The second kappa shape index (κ2) is 3.94. The first-order valence-corrected chi connectivity index (χ1v) is 4.29. The predicted molar refractivity (Wildman–Crippen MR) is 45.4 cm³/mol. The largest absolute Gasteiger partial charge is 0.209 e. The highest BCUT2D eigenvalue weighted by atomic mass is 35.6. The van der Waals surface area contributed by atoms with E-state index in [0.29, 0.717) is 0 Å². The molecule has 1 atom stereocenters. The molecule has 0 radical (unpaired) electrons. The van der Waals surface area contributed by atoms with Gasteiger partial charge in [0.2, 0.25) is 3.79 Å². The summed E-state index contributed by atoms with van der Waals surface area (Å²) in [6.45, 7) is 0. The van der Waals surface area contributed by atoms with E-state index >= 15 is 0 Å². The topological polar surface area (TPSA) is 0 Å². The van der Waals surface area contributed by atoms with Crippen molar-refractivity contribution in [2.75, 3.05) is 0 Å². The van der Waals surface area contributed by atoms with E-state index in [2.05, 4.69) is 0 Å². The molecule has 0 aromatic heterocycles. The van der Waals surface area contributed by atoms with E-state index in [1.54, 1.807) is 0 Å². The van der Waals surface area contributed by atoms with Crippen molar-refractivity contribution in [3.8, 4) is 0 Å². The fraction of sp³-hybridized carbons (Fsp3) is 1.00. The van der Waals surface area contributed by atoms with Crippen LogP contribution in [0.15, 0.2) is 0 Å². The molecule has 0 aliphatic heterocycles. The highest BCUT2D eigenvalue weighted by Crippen LogP contribution is 2.38. The predicted octanol–water partition coefficient (Wildman–Crippen LogP) is 3.77. The lowest BCUT2D eigenvalue weighted by Crippen LogP contribution is -2.25. The van der Waals surface area contributed by atoms with E-state index in [9.17, 15) is 0 Å². The van der Waals surface area contributed by atoms with Crippen LogP contribution in [0.25, 0.3) is 0 Å². The van der Waals surface area contributed by atoms with E-state index in [4.69, 9.17) is 69.6 Å². The highest BCUT2D eigenvalue weighted by molar-refractivity contribution is 6.71. The summed E-state index contributed by atoms with van der Waals surface area (Å²) < 4.78 is -1.60. The second-order valence-electron chi connectivity index (χ2n) is 1.28. The van der Waals surface area contributed by atoms with Crippen LogP contribution in [0.1, 0.15) is 0 Å². The van der Waals surface area contributed by atoms with E-state index < -0.39 is 14.0 Å². The molecule has 0 spiro atoms. The summed E-state index contributed by atoms with van der Waals surface area (Å²) in [5.41, 5.74) is 0. The van der Waals surface area contributed by atoms with Gasteiger partial charge in [-0.25, -0.2) is 0 Å². The van der Waals surface area contributed by atoms with Crippen LogP contribution in [0.5, 0.6) is 0 Å². The Labute approximate surface area is 83.3 Å². The molecule has 0 aromatic carbocycles. The molecule has 0 heterocycles. The summed E-state index contributed by atoms with van der Waals surface area (Å²) in [4.78, 5) is -0.876. The number of alkyl halides is 6. The van der Waals surface area contributed by atoms with Crippen molar-refractivity contribution in [3.05, 3.63) is 0 Å². The molecule has 0 aliphatic rings. The minimum Gasteiger partial charge on any atom is -0.115 e. The molecule has 6 heteroatoms. The van der Waals surface area contributed by atoms with Crippen LogP contribution >= 0.6 is 69.6 Å². The smallest absolute Gasteiger partial charge is 0.115 e. The Morgan fingerprint density at radius 1 is 0.889 bits per heavy atom. The van der Waals surface area contributed by atoms with Gasteiger partial charge in [0.05, 0.1) is 0 Å². The van der Waals surface area contributed by atoms with Crippen LogP contribution in [0, 0.1) is 0 Å². The van der Waals surface area contributed by atoms with Gasteiger partial charge in [0.15, 0.2) is 0 Å². The third kappa shape index (κ3) is 4.23. The minimum absolute atomic E-state index is 0.876. The first-order valence-electron chi connectivity index (χ1n) is 1.84. The normalized spacial score (nSPS) is 16.3. The molecule has 0 fully saturated rings. The Morgan fingerprint density at radius 3 is 1.22 bits per heavy atom. The zero-order chi connectivity index (χ0) is 7.65. The van der Waals surface area contributed by atoms with E-state index in [0.717, 1.165) is 0 Å². The second-order valence-corrected chi connectivity index (χ2v) is 5.28. The number of hydrogen-bond donors (Lipinski definition) is 0. The molecule has 56 valence electrons. The first-order chi connectivity index (χ1) is 3.85. The quantitative estimate of drug-likeness (QED) is 0.622. The van der Waals surface area contributed by atoms with Crippen LogP contribution in [0.2, 0.25) is 0 Å². The maximum Gasteiger partial charge on any atom is 0.209 e. The lowest BCUT2D eigenvalue weighted by molar-refractivity contribution is 0.948. The minimum atomic E-state index is -1.60. The molecule has 0 N–H and O–H groups in total. The fourth-order valence-corrected chi connectivity index (χ4v) is 1.29. The molecule has 0 rings (SSSR count). The first kappa shape index (κ1) is 10.7. The lowest BCUT2D eigenvalue weighted by atomic mass is 10.5. The van der Waals surface area contributed by atoms with Crippen molar-refractivity contribution in [3.63, 3.8) is 0 Å². The molecule has 0 nitrogen and oxygen atoms in total. The van der Waals surface area contributed by atoms with Gasteiger partial charge in [-0.3, -0.25) is 0 Å². The van der Waals surface area contributed by atoms with Crippen LogP contribution in [0.3, 0.4) is 0 Å². The van der Waals surface area contributed by atoms with Crippen LogP contribution in [-0.4, -0.2) is 14.0 Å². The molecule has 1 unspecified atom stereocenters. The van der Waals surface area contributed by atoms with Gasteiger partial charge in [-0.2, -0.15) is 0 Å². The maximum absolute atomic E-state index is 5.43. The van der Waals surface area contributed by atoms with Gasteiger partial charge in [0.25, 0.3) is 0 Å². The Bertz CT molecular complexity index is 82.8. The van der Waals surface area contributed by atoms with Gasteiger partial charge in [0.1, 0.15) is 10.2 Å². The van der Waals surface area contributed by atoms with Crippen LogP contribution in [-0.2, 0) is 0 Å².